The monoisotopic (exact) mass is 355 g/mol. The first-order valence-electron chi connectivity index (χ1n) is 8.55. The number of rotatable bonds is 7. The van der Waals surface area contributed by atoms with Gasteiger partial charge in [-0.15, -0.1) is 0 Å². The minimum absolute atomic E-state index is 0.0961. The Balaban J connectivity index is 1.57. The Kier molecular flexibility index (Phi) is 5.40. The van der Waals surface area contributed by atoms with Crippen LogP contribution in [0.25, 0.3) is 11.4 Å². The van der Waals surface area contributed by atoms with Crippen molar-refractivity contribution in [2.24, 2.45) is 0 Å². The summed E-state index contributed by atoms with van der Waals surface area (Å²) in [5, 5.41) is 10.7. The smallest absolute Gasteiger partial charge is 0.226 e. The van der Waals surface area contributed by atoms with Gasteiger partial charge in [0.05, 0.1) is 5.69 Å². The number of aryl methyl sites for hydroxylation is 2. The molecule has 3 aromatic rings. The molecule has 0 unspecified atom stereocenters. The van der Waals surface area contributed by atoms with E-state index in [1.807, 2.05) is 38.1 Å². The number of carbonyl (C=O) groups is 1. The van der Waals surface area contributed by atoms with Crippen LogP contribution in [0.2, 0.25) is 0 Å². The van der Waals surface area contributed by atoms with Gasteiger partial charge >= 0.3 is 0 Å². The van der Waals surface area contributed by atoms with Crippen LogP contribution in [0.15, 0.2) is 33.3 Å². The highest BCUT2D eigenvalue weighted by atomic mass is 16.5. The Morgan fingerprint density at radius 2 is 1.96 bits per heavy atom. The van der Waals surface area contributed by atoms with Crippen molar-refractivity contribution >= 4 is 11.6 Å². The van der Waals surface area contributed by atoms with Crippen molar-refractivity contribution in [3.8, 4) is 11.4 Å². The minimum atomic E-state index is -0.0961. The Labute approximate surface area is 151 Å². The maximum Gasteiger partial charge on any atom is 0.226 e. The van der Waals surface area contributed by atoms with E-state index < -0.39 is 0 Å². The molecule has 0 aliphatic carbocycles. The highest BCUT2D eigenvalue weighted by molar-refractivity contribution is 5.94. The quantitative estimate of drug-likeness (QED) is 0.691. The van der Waals surface area contributed by atoms with E-state index in [9.17, 15) is 4.79 Å². The molecule has 0 fully saturated rings. The van der Waals surface area contributed by atoms with Crippen LogP contribution in [0.5, 0.6) is 0 Å². The molecule has 0 aliphatic heterocycles. The number of hydrogen-bond donors (Lipinski definition) is 1. The standard InChI is InChI=1S/C18H21N5O3/c1-11(2)17-21-16(26-22-17)10-6-9-15(24)20-14-8-5-4-7-13(14)18-19-12(3)25-23-18/h4-5,7-8,11H,6,9-10H2,1-3H3,(H,20,24). The summed E-state index contributed by atoms with van der Waals surface area (Å²) in [5.41, 5.74) is 1.37. The Bertz CT molecular complexity index is 884. The summed E-state index contributed by atoms with van der Waals surface area (Å²) in [5.74, 6) is 2.30. The van der Waals surface area contributed by atoms with Crippen molar-refractivity contribution in [1.29, 1.82) is 0 Å². The van der Waals surface area contributed by atoms with E-state index in [0.29, 0.717) is 48.4 Å². The number of benzene rings is 1. The minimum Gasteiger partial charge on any atom is -0.339 e. The van der Waals surface area contributed by atoms with Crippen molar-refractivity contribution < 1.29 is 13.8 Å². The number of carbonyl (C=O) groups excluding carboxylic acids is 1. The third kappa shape index (κ3) is 4.33. The molecule has 0 saturated heterocycles. The van der Waals surface area contributed by atoms with Crippen molar-refractivity contribution in [3.05, 3.63) is 41.9 Å². The first-order chi connectivity index (χ1) is 12.5. The van der Waals surface area contributed by atoms with Gasteiger partial charge in [0.1, 0.15) is 0 Å². The molecule has 0 atom stereocenters. The van der Waals surface area contributed by atoms with Crippen LogP contribution in [-0.2, 0) is 11.2 Å². The number of amides is 1. The molecule has 1 aromatic carbocycles. The fourth-order valence-corrected chi connectivity index (χ4v) is 2.41. The molecule has 3 rings (SSSR count). The van der Waals surface area contributed by atoms with E-state index >= 15 is 0 Å². The average molecular weight is 355 g/mol. The van der Waals surface area contributed by atoms with Gasteiger partial charge in [0.2, 0.25) is 23.5 Å². The first-order valence-corrected chi connectivity index (χ1v) is 8.55. The number of hydrogen-bond acceptors (Lipinski definition) is 7. The van der Waals surface area contributed by atoms with Crippen LogP contribution in [0, 0.1) is 6.92 Å². The van der Waals surface area contributed by atoms with Gasteiger partial charge in [-0.1, -0.05) is 36.3 Å². The molecule has 0 saturated carbocycles. The molecule has 2 aromatic heterocycles. The lowest BCUT2D eigenvalue weighted by Gasteiger charge is -2.08. The number of aromatic nitrogens is 4. The zero-order valence-electron chi connectivity index (χ0n) is 15.0. The summed E-state index contributed by atoms with van der Waals surface area (Å²) in [6.07, 6.45) is 1.53. The molecule has 1 amide bonds. The van der Waals surface area contributed by atoms with Gasteiger partial charge in [-0.05, 0) is 18.6 Å². The van der Waals surface area contributed by atoms with Crippen LogP contribution in [0.3, 0.4) is 0 Å². The van der Waals surface area contributed by atoms with Crippen LogP contribution in [0.1, 0.15) is 50.2 Å². The van der Waals surface area contributed by atoms with Gasteiger partial charge < -0.3 is 14.4 Å². The van der Waals surface area contributed by atoms with Gasteiger partial charge in [-0.3, -0.25) is 4.79 Å². The van der Waals surface area contributed by atoms with E-state index in [-0.39, 0.29) is 11.8 Å². The summed E-state index contributed by atoms with van der Waals surface area (Å²) < 4.78 is 10.2. The maximum absolute atomic E-state index is 12.3. The Morgan fingerprint density at radius 1 is 1.15 bits per heavy atom. The van der Waals surface area contributed by atoms with E-state index in [1.165, 1.54) is 0 Å². The van der Waals surface area contributed by atoms with Gasteiger partial charge in [0.15, 0.2) is 5.82 Å². The van der Waals surface area contributed by atoms with Crippen LogP contribution in [-0.4, -0.2) is 26.2 Å². The van der Waals surface area contributed by atoms with Gasteiger partial charge in [-0.25, -0.2) is 0 Å². The second kappa shape index (κ2) is 7.90. The van der Waals surface area contributed by atoms with Gasteiger partial charge in [0.25, 0.3) is 0 Å². The lowest BCUT2D eigenvalue weighted by molar-refractivity contribution is -0.116. The maximum atomic E-state index is 12.3. The van der Waals surface area contributed by atoms with Crippen LogP contribution >= 0.6 is 0 Å². The van der Waals surface area contributed by atoms with Crippen molar-refractivity contribution in [1.82, 2.24) is 20.3 Å². The summed E-state index contributed by atoms with van der Waals surface area (Å²) in [7, 11) is 0. The molecule has 8 nitrogen and oxygen atoms in total. The topological polar surface area (TPSA) is 107 Å². The predicted octanol–water partition coefficient (Wildman–Crippen LogP) is 3.51. The summed E-state index contributed by atoms with van der Waals surface area (Å²) in [6.45, 7) is 5.73. The molecule has 136 valence electrons. The zero-order chi connectivity index (χ0) is 18.5. The van der Waals surface area contributed by atoms with Crippen LogP contribution in [0.4, 0.5) is 5.69 Å². The molecule has 26 heavy (non-hydrogen) atoms. The highest BCUT2D eigenvalue weighted by Gasteiger charge is 2.14. The number of nitrogens with one attached hydrogen (secondary N) is 1. The van der Waals surface area contributed by atoms with E-state index in [4.69, 9.17) is 9.05 Å². The molecular formula is C18H21N5O3. The van der Waals surface area contributed by atoms with Crippen molar-refractivity contribution in [3.63, 3.8) is 0 Å². The zero-order valence-corrected chi connectivity index (χ0v) is 15.0. The third-order valence-corrected chi connectivity index (χ3v) is 3.76. The molecule has 0 radical (unpaired) electrons. The number of nitrogens with zero attached hydrogens (tertiary/aromatic N) is 4. The predicted molar refractivity (Wildman–Crippen MR) is 94.4 cm³/mol. The van der Waals surface area contributed by atoms with Crippen LogP contribution < -0.4 is 5.32 Å². The molecule has 0 bridgehead atoms. The number of para-hydroxylation sites is 1. The molecule has 1 N–H and O–H groups in total. The Hall–Kier alpha value is -3.03. The largest absolute Gasteiger partial charge is 0.339 e. The van der Waals surface area contributed by atoms with Gasteiger partial charge in [-0.2, -0.15) is 9.97 Å². The second-order valence-electron chi connectivity index (χ2n) is 6.29. The first kappa shape index (κ1) is 17.8. The normalized spacial score (nSPS) is 11.1. The molecule has 0 spiro atoms. The summed E-state index contributed by atoms with van der Waals surface area (Å²) in [4.78, 5) is 20.8. The summed E-state index contributed by atoms with van der Waals surface area (Å²) in [6, 6.07) is 7.36. The molecule has 0 aliphatic rings. The summed E-state index contributed by atoms with van der Waals surface area (Å²) >= 11 is 0. The second-order valence-corrected chi connectivity index (χ2v) is 6.29. The van der Waals surface area contributed by atoms with E-state index in [1.54, 1.807) is 6.92 Å². The lowest BCUT2D eigenvalue weighted by Crippen LogP contribution is -2.12. The van der Waals surface area contributed by atoms with Gasteiger partial charge in [0, 0.05) is 31.2 Å². The molecule has 8 heteroatoms. The van der Waals surface area contributed by atoms with E-state index in [0.717, 1.165) is 5.56 Å². The fraction of sp³-hybridized carbons (Fsp3) is 0.389. The third-order valence-electron chi connectivity index (χ3n) is 3.76. The Morgan fingerprint density at radius 3 is 2.65 bits per heavy atom. The average Bonchev–Trinajstić information content (AvgIpc) is 3.25. The lowest BCUT2D eigenvalue weighted by atomic mass is 10.1. The highest BCUT2D eigenvalue weighted by Crippen LogP contribution is 2.25. The molecular weight excluding hydrogens is 334 g/mol. The van der Waals surface area contributed by atoms with Crippen molar-refractivity contribution in [2.75, 3.05) is 5.32 Å². The molecule has 2 heterocycles. The number of anilines is 1. The van der Waals surface area contributed by atoms with Crippen molar-refractivity contribution in [2.45, 2.75) is 46.0 Å². The fourth-order valence-electron chi connectivity index (χ4n) is 2.41. The van der Waals surface area contributed by atoms with E-state index in [2.05, 4.69) is 25.6 Å². The SMILES string of the molecule is Cc1nc(-c2ccccc2NC(=O)CCCc2nc(C(C)C)no2)no1.